The van der Waals surface area contributed by atoms with Gasteiger partial charge in [0.05, 0.1) is 11.6 Å². The van der Waals surface area contributed by atoms with Gasteiger partial charge in [-0.05, 0) is 26.0 Å². The van der Waals surface area contributed by atoms with Crippen LogP contribution in [0.5, 0.6) is 0 Å². The van der Waals surface area contributed by atoms with E-state index in [1.54, 1.807) is 10.9 Å². The van der Waals surface area contributed by atoms with Gasteiger partial charge in [0.25, 0.3) is 0 Å². The smallest absolute Gasteiger partial charge is 0.247 e. The highest BCUT2D eigenvalue weighted by molar-refractivity contribution is 6.20. The van der Waals surface area contributed by atoms with Gasteiger partial charge in [0.2, 0.25) is 11.8 Å². The maximum atomic E-state index is 5.95. The number of hydrogen-bond acceptors (Lipinski definition) is 5. The second kappa shape index (κ2) is 5.65. The number of rotatable bonds is 4. The molecular weight excluding hydrogens is 290 g/mol. The second-order valence-corrected chi connectivity index (χ2v) is 5.48. The van der Waals surface area contributed by atoms with Crippen LogP contribution in [0.4, 0.5) is 0 Å². The van der Waals surface area contributed by atoms with Gasteiger partial charge in [-0.1, -0.05) is 22.9 Å². The first-order valence-electron chi connectivity index (χ1n) is 6.55. The summed E-state index contributed by atoms with van der Waals surface area (Å²) in [5.41, 5.74) is 2.80. The zero-order valence-corrected chi connectivity index (χ0v) is 12.4. The first-order valence-corrected chi connectivity index (χ1v) is 6.99. The fraction of sp³-hybridized carbons (Fsp3) is 0.286. The molecule has 7 heteroatoms. The molecule has 2 heterocycles. The standard InChI is InChI=1S/C14H14ClN5O/c1-9-3-5-11(6-4-9)14-18-17-13(21-14)8-20-7-12(10(2)15)16-19-20/h3-7,10H,8H2,1-2H3. The Kier molecular flexibility index (Phi) is 3.70. The van der Waals surface area contributed by atoms with Crippen molar-refractivity contribution in [3.05, 3.63) is 47.6 Å². The van der Waals surface area contributed by atoms with E-state index >= 15 is 0 Å². The van der Waals surface area contributed by atoms with Gasteiger partial charge in [-0.3, -0.25) is 0 Å². The van der Waals surface area contributed by atoms with Crippen LogP contribution in [-0.2, 0) is 6.54 Å². The summed E-state index contributed by atoms with van der Waals surface area (Å²) in [5.74, 6) is 0.973. The Morgan fingerprint density at radius 2 is 1.95 bits per heavy atom. The first-order chi connectivity index (χ1) is 10.1. The quantitative estimate of drug-likeness (QED) is 0.693. The average molecular weight is 304 g/mol. The van der Waals surface area contributed by atoms with Gasteiger partial charge in [0.1, 0.15) is 12.2 Å². The Morgan fingerprint density at radius 1 is 1.19 bits per heavy atom. The molecule has 0 saturated carbocycles. The summed E-state index contributed by atoms with van der Waals surface area (Å²) in [6, 6.07) is 7.92. The van der Waals surface area contributed by atoms with E-state index in [1.165, 1.54) is 5.56 Å². The number of hydrogen-bond donors (Lipinski definition) is 0. The van der Waals surface area contributed by atoms with Crippen LogP contribution in [0.3, 0.4) is 0 Å². The number of aromatic nitrogens is 5. The highest BCUT2D eigenvalue weighted by atomic mass is 35.5. The molecule has 1 aromatic carbocycles. The van der Waals surface area contributed by atoms with Crippen molar-refractivity contribution in [1.29, 1.82) is 0 Å². The maximum absolute atomic E-state index is 5.95. The highest BCUT2D eigenvalue weighted by Crippen LogP contribution is 2.19. The molecule has 0 amide bonds. The van der Waals surface area contributed by atoms with E-state index in [9.17, 15) is 0 Å². The van der Waals surface area contributed by atoms with E-state index in [0.29, 0.717) is 18.3 Å². The van der Waals surface area contributed by atoms with Gasteiger partial charge in [-0.2, -0.15) is 0 Å². The summed E-state index contributed by atoms with van der Waals surface area (Å²) in [4.78, 5) is 0. The topological polar surface area (TPSA) is 69.6 Å². The van der Waals surface area contributed by atoms with Crippen LogP contribution in [0, 0.1) is 6.92 Å². The third-order valence-corrected chi connectivity index (χ3v) is 3.25. The van der Waals surface area contributed by atoms with Crippen molar-refractivity contribution in [1.82, 2.24) is 25.2 Å². The molecule has 0 aliphatic carbocycles. The molecule has 0 bridgehead atoms. The van der Waals surface area contributed by atoms with Crippen LogP contribution in [-0.4, -0.2) is 25.2 Å². The van der Waals surface area contributed by atoms with Crippen LogP contribution in [0.15, 0.2) is 34.9 Å². The van der Waals surface area contributed by atoms with E-state index in [2.05, 4.69) is 20.5 Å². The molecule has 2 aromatic heterocycles. The van der Waals surface area contributed by atoms with E-state index in [0.717, 1.165) is 11.3 Å². The molecule has 0 fully saturated rings. The number of nitrogens with zero attached hydrogens (tertiary/aromatic N) is 5. The molecule has 0 N–H and O–H groups in total. The number of benzene rings is 1. The Bertz CT molecular complexity index is 732. The summed E-state index contributed by atoms with van der Waals surface area (Å²) in [6.45, 7) is 4.25. The van der Waals surface area contributed by atoms with Crippen molar-refractivity contribution in [2.45, 2.75) is 25.8 Å². The Labute approximate surface area is 126 Å². The number of aryl methyl sites for hydroxylation is 1. The number of alkyl halides is 1. The van der Waals surface area contributed by atoms with Crippen molar-refractivity contribution in [2.24, 2.45) is 0 Å². The number of halogens is 1. The Balaban J connectivity index is 1.76. The third-order valence-electron chi connectivity index (χ3n) is 3.03. The summed E-state index contributed by atoms with van der Waals surface area (Å²) in [5, 5.41) is 15.9. The van der Waals surface area contributed by atoms with Crippen molar-refractivity contribution < 1.29 is 4.42 Å². The first kappa shape index (κ1) is 13.8. The van der Waals surface area contributed by atoms with Crippen LogP contribution >= 0.6 is 11.6 Å². The largest absolute Gasteiger partial charge is 0.419 e. The Hall–Kier alpha value is -2.21. The lowest BCUT2D eigenvalue weighted by Gasteiger charge is -1.96. The SMILES string of the molecule is Cc1ccc(-c2nnc(Cn3cc(C(C)Cl)nn3)o2)cc1. The molecule has 0 aliphatic heterocycles. The predicted octanol–water partition coefficient (Wildman–Crippen LogP) is 2.98. The van der Waals surface area contributed by atoms with E-state index < -0.39 is 0 Å². The summed E-state index contributed by atoms with van der Waals surface area (Å²) in [7, 11) is 0. The Morgan fingerprint density at radius 3 is 2.62 bits per heavy atom. The van der Waals surface area contributed by atoms with Crippen LogP contribution in [0.2, 0.25) is 0 Å². The van der Waals surface area contributed by atoms with E-state index in [4.69, 9.17) is 16.0 Å². The fourth-order valence-corrected chi connectivity index (χ4v) is 1.94. The summed E-state index contributed by atoms with van der Waals surface area (Å²) in [6.07, 6.45) is 1.77. The second-order valence-electron chi connectivity index (χ2n) is 4.82. The zero-order chi connectivity index (χ0) is 14.8. The lowest BCUT2D eigenvalue weighted by Crippen LogP contribution is -2.00. The van der Waals surface area contributed by atoms with E-state index in [-0.39, 0.29) is 5.38 Å². The highest BCUT2D eigenvalue weighted by Gasteiger charge is 2.11. The molecular formula is C14H14ClN5O. The molecule has 3 aromatic rings. The van der Waals surface area contributed by atoms with Gasteiger partial charge < -0.3 is 4.42 Å². The zero-order valence-electron chi connectivity index (χ0n) is 11.7. The van der Waals surface area contributed by atoms with Crippen LogP contribution in [0.25, 0.3) is 11.5 Å². The lowest BCUT2D eigenvalue weighted by atomic mass is 10.1. The lowest BCUT2D eigenvalue weighted by molar-refractivity contribution is 0.469. The van der Waals surface area contributed by atoms with Gasteiger partial charge in [-0.15, -0.1) is 26.9 Å². The average Bonchev–Trinajstić information content (AvgIpc) is 3.10. The molecule has 0 spiro atoms. The predicted molar refractivity (Wildman–Crippen MR) is 77.9 cm³/mol. The van der Waals surface area contributed by atoms with Gasteiger partial charge in [0, 0.05) is 5.56 Å². The van der Waals surface area contributed by atoms with Gasteiger partial charge in [-0.25, -0.2) is 4.68 Å². The molecule has 1 atom stereocenters. The van der Waals surface area contributed by atoms with Crippen molar-refractivity contribution in [3.63, 3.8) is 0 Å². The molecule has 1 unspecified atom stereocenters. The minimum Gasteiger partial charge on any atom is -0.419 e. The van der Waals surface area contributed by atoms with E-state index in [1.807, 2.05) is 38.1 Å². The monoisotopic (exact) mass is 303 g/mol. The molecule has 6 nitrogen and oxygen atoms in total. The maximum Gasteiger partial charge on any atom is 0.247 e. The third kappa shape index (κ3) is 3.11. The fourth-order valence-electron chi connectivity index (χ4n) is 1.84. The summed E-state index contributed by atoms with van der Waals surface area (Å²) >= 11 is 5.95. The van der Waals surface area contributed by atoms with Crippen molar-refractivity contribution in [3.8, 4) is 11.5 Å². The molecule has 108 valence electrons. The van der Waals surface area contributed by atoms with Crippen molar-refractivity contribution >= 4 is 11.6 Å². The van der Waals surface area contributed by atoms with Crippen LogP contribution < -0.4 is 0 Å². The minimum absolute atomic E-state index is 0.176. The molecule has 0 saturated heterocycles. The van der Waals surface area contributed by atoms with Gasteiger partial charge >= 0.3 is 0 Å². The molecule has 0 radical (unpaired) electrons. The summed E-state index contributed by atoms with van der Waals surface area (Å²) < 4.78 is 7.27. The van der Waals surface area contributed by atoms with Gasteiger partial charge in [0.15, 0.2) is 0 Å². The minimum atomic E-state index is -0.176. The molecule has 3 rings (SSSR count). The van der Waals surface area contributed by atoms with Crippen molar-refractivity contribution in [2.75, 3.05) is 0 Å². The van der Waals surface area contributed by atoms with Crippen LogP contribution in [0.1, 0.15) is 29.4 Å². The normalized spacial score (nSPS) is 12.5. The molecule has 21 heavy (non-hydrogen) atoms. The molecule has 0 aliphatic rings.